The van der Waals surface area contributed by atoms with Crippen molar-refractivity contribution >= 4 is 5.91 Å². The molecular weight excluding hydrogens is 336 g/mol. The number of rotatable bonds is 4. The van der Waals surface area contributed by atoms with E-state index in [0.29, 0.717) is 25.3 Å². The molecule has 0 unspecified atom stereocenters. The molecule has 0 bridgehead atoms. The van der Waals surface area contributed by atoms with Crippen molar-refractivity contribution in [1.29, 1.82) is 0 Å². The van der Waals surface area contributed by atoms with Crippen molar-refractivity contribution in [3.63, 3.8) is 0 Å². The summed E-state index contributed by atoms with van der Waals surface area (Å²) in [5.41, 5.74) is 0.905. The SMILES string of the molecule is O=C(NCC1(c2ccc3c(c2)OCO3)CCOCC1)c1cc[nH]c(=O)c1. The average molecular weight is 356 g/mol. The number of ether oxygens (including phenoxy) is 3. The molecule has 3 heterocycles. The molecular formula is C19H20N2O5. The fraction of sp³-hybridized carbons (Fsp3) is 0.368. The van der Waals surface area contributed by atoms with Gasteiger partial charge in [0.25, 0.3) is 5.91 Å². The van der Waals surface area contributed by atoms with Crippen LogP contribution in [0.25, 0.3) is 0 Å². The number of nitrogens with one attached hydrogen (secondary N) is 2. The van der Waals surface area contributed by atoms with Crippen LogP contribution in [0.1, 0.15) is 28.8 Å². The first kappa shape index (κ1) is 16.7. The minimum absolute atomic E-state index is 0.230. The van der Waals surface area contributed by atoms with Gasteiger partial charge in [0.05, 0.1) is 0 Å². The Morgan fingerprint density at radius 2 is 1.92 bits per heavy atom. The van der Waals surface area contributed by atoms with E-state index in [1.165, 1.54) is 12.3 Å². The summed E-state index contributed by atoms with van der Waals surface area (Å²) in [5.74, 6) is 1.21. The van der Waals surface area contributed by atoms with E-state index in [0.717, 1.165) is 29.9 Å². The second-order valence-electron chi connectivity index (χ2n) is 6.59. The summed E-state index contributed by atoms with van der Waals surface area (Å²) in [5, 5.41) is 2.98. The number of hydrogen-bond donors (Lipinski definition) is 2. The number of carbonyl (C=O) groups is 1. The van der Waals surface area contributed by atoms with Crippen molar-refractivity contribution in [2.24, 2.45) is 0 Å². The van der Waals surface area contributed by atoms with Gasteiger partial charge in [-0.15, -0.1) is 0 Å². The Hall–Kier alpha value is -2.80. The van der Waals surface area contributed by atoms with Gasteiger partial charge < -0.3 is 24.5 Å². The van der Waals surface area contributed by atoms with E-state index in [2.05, 4.69) is 10.3 Å². The highest BCUT2D eigenvalue weighted by Gasteiger charge is 2.36. The molecule has 2 aliphatic rings. The van der Waals surface area contributed by atoms with E-state index >= 15 is 0 Å². The molecule has 0 atom stereocenters. The molecule has 0 aliphatic carbocycles. The van der Waals surface area contributed by atoms with Gasteiger partial charge in [-0.25, -0.2) is 0 Å². The zero-order chi connectivity index (χ0) is 18.0. The third-order valence-electron chi connectivity index (χ3n) is 5.06. The molecule has 1 amide bonds. The van der Waals surface area contributed by atoms with E-state index in [4.69, 9.17) is 14.2 Å². The number of H-pyrrole nitrogens is 1. The number of pyridine rings is 1. The maximum absolute atomic E-state index is 12.5. The van der Waals surface area contributed by atoms with Crippen LogP contribution in [0.5, 0.6) is 11.5 Å². The minimum Gasteiger partial charge on any atom is -0.454 e. The van der Waals surface area contributed by atoms with Crippen LogP contribution in [0.2, 0.25) is 0 Å². The lowest BCUT2D eigenvalue weighted by molar-refractivity contribution is 0.0486. The lowest BCUT2D eigenvalue weighted by Gasteiger charge is -2.38. The van der Waals surface area contributed by atoms with E-state index in [-0.39, 0.29) is 23.7 Å². The number of amides is 1. The number of carbonyl (C=O) groups excluding carboxylic acids is 1. The molecule has 0 spiro atoms. The molecule has 4 rings (SSSR count). The van der Waals surface area contributed by atoms with Crippen molar-refractivity contribution in [3.8, 4) is 11.5 Å². The van der Waals surface area contributed by atoms with E-state index in [9.17, 15) is 9.59 Å². The largest absolute Gasteiger partial charge is 0.454 e. The van der Waals surface area contributed by atoms with Crippen molar-refractivity contribution in [3.05, 3.63) is 58.0 Å². The van der Waals surface area contributed by atoms with Gasteiger partial charge >= 0.3 is 0 Å². The molecule has 136 valence electrons. The second-order valence-corrected chi connectivity index (χ2v) is 6.59. The highest BCUT2D eigenvalue weighted by Crippen LogP contribution is 2.40. The van der Waals surface area contributed by atoms with Gasteiger partial charge in [0.1, 0.15) is 0 Å². The molecule has 1 aromatic carbocycles. The van der Waals surface area contributed by atoms with Crippen molar-refractivity contribution in [1.82, 2.24) is 10.3 Å². The van der Waals surface area contributed by atoms with Gasteiger partial charge in [-0.2, -0.15) is 0 Å². The number of aromatic amines is 1. The summed E-state index contributed by atoms with van der Waals surface area (Å²) in [6.07, 6.45) is 3.06. The van der Waals surface area contributed by atoms with E-state index < -0.39 is 0 Å². The van der Waals surface area contributed by atoms with Crippen LogP contribution in [-0.4, -0.2) is 37.4 Å². The zero-order valence-corrected chi connectivity index (χ0v) is 14.2. The monoisotopic (exact) mass is 356 g/mol. The minimum atomic E-state index is -0.297. The molecule has 0 radical (unpaired) electrons. The molecule has 1 aromatic heterocycles. The Labute approximate surface area is 150 Å². The van der Waals surface area contributed by atoms with Gasteiger partial charge in [-0.3, -0.25) is 9.59 Å². The smallest absolute Gasteiger partial charge is 0.251 e. The Morgan fingerprint density at radius 3 is 2.73 bits per heavy atom. The third-order valence-corrected chi connectivity index (χ3v) is 5.06. The average Bonchev–Trinajstić information content (AvgIpc) is 3.15. The van der Waals surface area contributed by atoms with Crippen LogP contribution in [-0.2, 0) is 10.2 Å². The quantitative estimate of drug-likeness (QED) is 0.868. The van der Waals surface area contributed by atoms with Crippen molar-refractivity contribution in [2.75, 3.05) is 26.6 Å². The summed E-state index contributed by atoms with van der Waals surface area (Å²) < 4.78 is 16.4. The van der Waals surface area contributed by atoms with Gasteiger partial charge in [0.2, 0.25) is 12.4 Å². The summed E-state index contributed by atoms with van der Waals surface area (Å²) in [6.45, 7) is 1.96. The molecule has 2 aliphatic heterocycles. The highest BCUT2D eigenvalue weighted by molar-refractivity contribution is 5.94. The summed E-state index contributed by atoms with van der Waals surface area (Å²) in [4.78, 5) is 26.4. The maximum Gasteiger partial charge on any atom is 0.251 e. The van der Waals surface area contributed by atoms with E-state index in [1.54, 1.807) is 6.07 Å². The van der Waals surface area contributed by atoms with Gasteiger partial charge in [0.15, 0.2) is 11.5 Å². The Kier molecular flexibility index (Phi) is 4.38. The number of aromatic nitrogens is 1. The van der Waals surface area contributed by atoms with Gasteiger partial charge in [0, 0.05) is 43.0 Å². The molecule has 0 saturated carbocycles. The first-order valence-electron chi connectivity index (χ1n) is 8.61. The summed E-state index contributed by atoms with van der Waals surface area (Å²) >= 11 is 0. The van der Waals surface area contributed by atoms with E-state index in [1.807, 2.05) is 18.2 Å². The van der Waals surface area contributed by atoms with Crippen LogP contribution < -0.4 is 20.3 Å². The Bertz CT molecular complexity index is 870. The van der Waals surface area contributed by atoms with Gasteiger partial charge in [-0.1, -0.05) is 6.07 Å². The fourth-order valence-electron chi connectivity index (χ4n) is 3.49. The molecule has 7 heteroatoms. The van der Waals surface area contributed by atoms with Crippen LogP contribution in [0.4, 0.5) is 0 Å². The van der Waals surface area contributed by atoms with Crippen LogP contribution >= 0.6 is 0 Å². The van der Waals surface area contributed by atoms with Crippen LogP contribution in [0.15, 0.2) is 41.3 Å². The molecule has 1 fully saturated rings. The fourth-order valence-corrected chi connectivity index (χ4v) is 3.49. The Morgan fingerprint density at radius 1 is 1.12 bits per heavy atom. The molecule has 2 aromatic rings. The normalized spacial score (nSPS) is 17.7. The van der Waals surface area contributed by atoms with Crippen molar-refractivity contribution in [2.45, 2.75) is 18.3 Å². The molecule has 2 N–H and O–H groups in total. The maximum atomic E-state index is 12.5. The summed E-state index contributed by atoms with van der Waals surface area (Å²) in [7, 11) is 0. The molecule has 7 nitrogen and oxygen atoms in total. The highest BCUT2D eigenvalue weighted by atomic mass is 16.7. The number of hydrogen-bond acceptors (Lipinski definition) is 5. The van der Waals surface area contributed by atoms with Gasteiger partial charge in [-0.05, 0) is 36.6 Å². The number of fused-ring (bicyclic) bond motifs is 1. The topological polar surface area (TPSA) is 89.7 Å². The number of benzene rings is 1. The second kappa shape index (κ2) is 6.84. The predicted molar refractivity (Wildman–Crippen MR) is 93.7 cm³/mol. The Balaban J connectivity index is 1.57. The molecule has 1 saturated heterocycles. The lowest BCUT2D eigenvalue weighted by atomic mass is 9.74. The standard InChI is InChI=1S/C19H20N2O5/c22-17-9-13(3-6-20-17)18(23)21-11-19(4-7-24-8-5-19)14-1-2-15-16(10-14)26-12-25-15/h1-3,6,9-10H,4-5,7-8,11-12H2,(H,20,22)(H,21,23). The lowest BCUT2D eigenvalue weighted by Crippen LogP contribution is -2.44. The first-order chi connectivity index (χ1) is 12.7. The van der Waals surface area contributed by atoms with Crippen LogP contribution in [0, 0.1) is 0 Å². The molecule has 26 heavy (non-hydrogen) atoms. The summed E-state index contributed by atoms with van der Waals surface area (Å²) in [6, 6.07) is 8.82. The third kappa shape index (κ3) is 3.17. The zero-order valence-electron chi connectivity index (χ0n) is 14.2. The van der Waals surface area contributed by atoms with Crippen molar-refractivity contribution < 1.29 is 19.0 Å². The van der Waals surface area contributed by atoms with Crippen LogP contribution in [0.3, 0.4) is 0 Å². The first-order valence-corrected chi connectivity index (χ1v) is 8.61. The predicted octanol–water partition coefficient (Wildman–Crippen LogP) is 1.58.